The van der Waals surface area contributed by atoms with Crippen molar-refractivity contribution in [1.82, 2.24) is 9.80 Å². The van der Waals surface area contributed by atoms with E-state index >= 15 is 0 Å². The summed E-state index contributed by atoms with van der Waals surface area (Å²) in [7, 11) is 0. The van der Waals surface area contributed by atoms with Crippen LogP contribution in [-0.2, 0) is 4.79 Å². The number of hydrogen-bond acceptors (Lipinski definition) is 5. The molecule has 0 spiro atoms. The summed E-state index contributed by atoms with van der Waals surface area (Å²) in [5.74, 6) is 0.145. The second kappa shape index (κ2) is 6.60. The molecule has 7 nitrogen and oxygen atoms in total. The van der Waals surface area contributed by atoms with Crippen molar-refractivity contribution in [2.24, 2.45) is 0 Å². The third-order valence-corrected chi connectivity index (χ3v) is 4.36. The first kappa shape index (κ1) is 16.4. The number of benzene rings is 1. The number of imide groups is 1. The molecular formula is C17H20N2O5. The zero-order valence-corrected chi connectivity index (χ0v) is 13.5. The predicted octanol–water partition coefficient (Wildman–Crippen LogP) is 1.06. The number of aliphatic hydroxyl groups is 1. The summed E-state index contributed by atoms with van der Waals surface area (Å²) >= 11 is 0. The summed E-state index contributed by atoms with van der Waals surface area (Å²) in [5, 5.41) is 10.1. The van der Waals surface area contributed by atoms with Crippen molar-refractivity contribution in [2.75, 3.05) is 19.7 Å². The molecule has 3 rings (SSSR count). The van der Waals surface area contributed by atoms with Gasteiger partial charge in [-0.25, -0.2) is 4.79 Å². The molecule has 0 radical (unpaired) electrons. The topological polar surface area (TPSA) is 87.2 Å². The Bertz CT molecular complexity index is 653. The normalized spacial score (nSPS) is 21.2. The Hall–Kier alpha value is -2.41. The summed E-state index contributed by atoms with van der Waals surface area (Å²) < 4.78 is 5.47. The third kappa shape index (κ3) is 3.12. The van der Waals surface area contributed by atoms with Crippen molar-refractivity contribution >= 4 is 17.7 Å². The lowest BCUT2D eigenvalue weighted by atomic mass is 10.1. The summed E-state index contributed by atoms with van der Waals surface area (Å²) in [4.78, 5) is 38.4. The van der Waals surface area contributed by atoms with E-state index in [4.69, 9.17) is 4.74 Å². The first-order valence-corrected chi connectivity index (χ1v) is 8.01. The van der Waals surface area contributed by atoms with Crippen LogP contribution >= 0.6 is 0 Å². The minimum Gasteiger partial charge on any atom is -0.491 e. The minimum absolute atomic E-state index is 0.0664. The molecule has 0 aromatic heterocycles. The second-order valence-corrected chi connectivity index (χ2v) is 6.13. The van der Waals surface area contributed by atoms with E-state index in [-0.39, 0.29) is 36.9 Å². The maximum absolute atomic E-state index is 12.2. The Kier molecular flexibility index (Phi) is 4.53. The van der Waals surface area contributed by atoms with Crippen LogP contribution in [0.15, 0.2) is 24.3 Å². The molecule has 1 N–H and O–H groups in total. The molecule has 2 aliphatic rings. The van der Waals surface area contributed by atoms with Gasteiger partial charge in [0.2, 0.25) is 0 Å². The first-order valence-electron chi connectivity index (χ1n) is 8.01. The van der Waals surface area contributed by atoms with Crippen LogP contribution in [0.3, 0.4) is 0 Å². The van der Waals surface area contributed by atoms with Crippen LogP contribution in [0.5, 0.6) is 5.75 Å². The fraction of sp³-hybridized carbons (Fsp3) is 0.471. The molecule has 7 heteroatoms. The zero-order chi connectivity index (χ0) is 17.3. The van der Waals surface area contributed by atoms with Gasteiger partial charge in [-0.2, -0.15) is 0 Å². The predicted molar refractivity (Wildman–Crippen MR) is 84.8 cm³/mol. The van der Waals surface area contributed by atoms with Crippen molar-refractivity contribution in [3.8, 4) is 5.75 Å². The van der Waals surface area contributed by atoms with Crippen LogP contribution in [-0.4, -0.2) is 64.5 Å². The third-order valence-electron chi connectivity index (χ3n) is 4.36. The van der Waals surface area contributed by atoms with E-state index in [1.165, 1.54) is 6.92 Å². The molecule has 2 saturated heterocycles. The van der Waals surface area contributed by atoms with Gasteiger partial charge in [0.25, 0.3) is 5.91 Å². The highest BCUT2D eigenvalue weighted by Gasteiger charge is 2.47. The number of fused-ring (bicyclic) bond motifs is 1. The van der Waals surface area contributed by atoms with E-state index in [0.29, 0.717) is 24.3 Å². The largest absolute Gasteiger partial charge is 0.491 e. The van der Waals surface area contributed by atoms with Crippen LogP contribution in [0, 0.1) is 0 Å². The monoisotopic (exact) mass is 332 g/mol. The number of carbonyl (C=O) groups is 3. The maximum atomic E-state index is 12.2. The summed E-state index contributed by atoms with van der Waals surface area (Å²) in [6, 6.07) is 5.96. The summed E-state index contributed by atoms with van der Waals surface area (Å²) in [5.41, 5.74) is 0.521. The summed E-state index contributed by atoms with van der Waals surface area (Å²) in [6.45, 7) is 1.90. The number of urea groups is 1. The molecular weight excluding hydrogens is 312 g/mol. The van der Waals surface area contributed by atoms with Gasteiger partial charge >= 0.3 is 6.03 Å². The fourth-order valence-electron chi connectivity index (χ4n) is 3.11. The molecule has 1 aromatic rings. The van der Waals surface area contributed by atoms with Gasteiger partial charge in [-0.15, -0.1) is 0 Å². The van der Waals surface area contributed by atoms with E-state index in [2.05, 4.69) is 0 Å². The van der Waals surface area contributed by atoms with Gasteiger partial charge in [-0.05, 0) is 31.9 Å². The molecule has 3 amide bonds. The van der Waals surface area contributed by atoms with Crippen LogP contribution in [0.1, 0.15) is 30.1 Å². The highest BCUT2D eigenvalue weighted by molar-refractivity contribution is 6.04. The molecule has 0 saturated carbocycles. The number of carbonyl (C=O) groups excluding carboxylic acids is 3. The average Bonchev–Trinajstić information content (AvgIpc) is 3.13. The number of ether oxygens (including phenoxy) is 1. The van der Waals surface area contributed by atoms with E-state index in [0.717, 1.165) is 11.3 Å². The fourth-order valence-corrected chi connectivity index (χ4v) is 3.11. The van der Waals surface area contributed by atoms with Crippen molar-refractivity contribution < 1.29 is 24.2 Å². The Labute approximate surface area is 139 Å². The Morgan fingerprint density at radius 2 is 2.21 bits per heavy atom. The van der Waals surface area contributed by atoms with Crippen molar-refractivity contribution in [2.45, 2.75) is 31.9 Å². The van der Waals surface area contributed by atoms with Gasteiger partial charge in [0.05, 0.1) is 6.54 Å². The highest BCUT2D eigenvalue weighted by atomic mass is 16.5. The highest BCUT2D eigenvalue weighted by Crippen LogP contribution is 2.27. The Balaban J connectivity index is 1.55. The van der Waals surface area contributed by atoms with Crippen LogP contribution in [0.2, 0.25) is 0 Å². The number of ketones is 1. The molecule has 0 aliphatic carbocycles. The number of amides is 3. The molecule has 2 fully saturated rings. The van der Waals surface area contributed by atoms with Gasteiger partial charge in [0.15, 0.2) is 5.78 Å². The average molecular weight is 332 g/mol. The smallest absolute Gasteiger partial charge is 0.327 e. The standard InChI is InChI=1S/C17H20N2O5/c1-11(20)12-4-2-5-14(8-12)24-10-13(21)9-19-16(22)15-6-3-7-18(15)17(19)23/h2,4-5,8,13,15,21H,3,6-7,9-10H2,1H3/t13-,15+/m1/s1. The van der Waals surface area contributed by atoms with Gasteiger partial charge in [-0.1, -0.05) is 12.1 Å². The molecule has 0 bridgehead atoms. The molecule has 24 heavy (non-hydrogen) atoms. The van der Waals surface area contributed by atoms with Gasteiger partial charge < -0.3 is 14.7 Å². The van der Waals surface area contributed by atoms with Gasteiger partial charge in [-0.3, -0.25) is 14.5 Å². The van der Waals surface area contributed by atoms with Gasteiger partial charge in [0.1, 0.15) is 24.5 Å². The van der Waals surface area contributed by atoms with Crippen molar-refractivity contribution in [3.05, 3.63) is 29.8 Å². The minimum atomic E-state index is -0.987. The van der Waals surface area contributed by atoms with Crippen LogP contribution in [0.4, 0.5) is 4.79 Å². The molecule has 1 aromatic carbocycles. The molecule has 2 atom stereocenters. The van der Waals surface area contributed by atoms with E-state index in [1.54, 1.807) is 29.2 Å². The Morgan fingerprint density at radius 1 is 1.42 bits per heavy atom. The summed E-state index contributed by atoms with van der Waals surface area (Å²) in [6.07, 6.45) is 0.540. The molecule has 0 unspecified atom stereocenters. The van der Waals surface area contributed by atoms with Crippen LogP contribution in [0.25, 0.3) is 0 Å². The van der Waals surface area contributed by atoms with Crippen LogP contribution < -0.4 is 4.74 Å². The van der Waals surface area contributed by atoms with E-state index in [1.807, 2.05) is 0 Å². The van der Waals surface area contributed by atoms with E-state index in [9.17, 15) is 19.5 Å². The lowest BCUT2D eigenvalue weighted by Gasteiger charge is -2.19. The zero-order valence-electron chi connectivity index (χ0n) is 13.5. The first-order chi connectivity index (χ1) is 11.5. The Morgan fingerprint density at radius 3 is 2.92 bits per heavy atom. The maximum Gasteiger partial charge on any atom is 0.327 e. The number of rotatable bonds is 6. The van der Waals surface area contributed by atoms with E-state index < -0.39 is 6.10 Å². The van der Waals surface area contributed by atoms with Gasteiger partial charge in [0, 0.05) is 12.1 Å². The quantitative estimate of drug-likeness (QED) is 0.622. The van der Waals surface area contributed by atoms with Crippen molar-refractivity contribution in [1.29, 1.82) is 0 Å². The second-order valence-electron chi connectivity index (χ2n) is 6.13. The number of hydrogen-bond donors (Lipinski definition) is 1. The molecule has 128 valence electrons. The molecule has 2 heterocycles. The molecule has 2 aliphatic heterocycles. The number of aliphatic hydroxyl groups excluding tert-OH is 1. The lowest BCUT2D eigenvalue weighted by molar-refractivity contribution is -0.129. The number of nitrogens with zero attached hydrogens (tertiary/aromatic N) is 2. The lowest BCUT2D eigenvalue weighted by Crippen LogP contribution is -2.41. The SMILES string of the molecule is CC(=O)c1cccc(OC[C@H](O)CN2C(=O)[C@@H]3CCCN3C2=O)c1. The van der Waals surface area contributed by atoms with Crippen molar-refractivity contribution in [3.63, 3.8) is 0 Å². The number of Topliss-reactive ketones (excluding diaryl/α,β-unsaturated/α-hetero) is 1. The number of β-amino-alcohol motifs (C(OH)–C–C–N with tert-alkyl or cyclic N) is 1.